The van der Waals surface area contributed by atoms with Crippen LogP contribution in [0.15, 0.2) is 30.3 Å². The fourth-order valence-corrected chi connectivity index (χ4v) is 4.53. The first-order valence-electron chi connectivity index (χ1n) is 11.4. The molecule has 0 fully saturated rings. The van der Waals surface area contributed by atoms with Crippen molar-refractivity contribution in [2.24, 2.45) is 0 Å². The molecule has 0 saturated carbocycles. The van der Waals surface area contributed by atoms with Crippen LogP contribution in [0.4, 0.5) is 24.7 Å². The summed E-state index contributed by atoms with van der Waals surface area (Å²) in [5.74, 6) is -4.36. The van der Waals surface area contributed by atoms with Crippen molar-refractivity contribution in [3.63, 3.8) is 0 Å². The molecule has 0 spiro atoms. The normalized spacial score (nSPS) is 19.1. The number of likely N-dealkylation sites (N-methyl/N-ethyl adjacent to an activating group) is 1. The van der Waals surface area contributed by atoms with Gasteiger partial charge in [0, 0.05) is 30.7 Å². The third-order valence-corrected chi connectivity index (χ3v) is 6.88. The minimum atomic E-state index is -3.81. The molecule has 3 aromatic rings. The first-order valence-corrected chi connectivity index (χ1v) is 11.4. The molecule has 1 amide bonds. The van der Waals surface area contributed by atoms with Gasteiger partial charge >= 0.3 is 5.92 Å². The Morgan fingerprint density at radius 1 is 1.22 bits per heavy atom. The zero-order valence-corrected chi connectivity index (χ0v) is 21.2. The number of amides is 1. The van der Waals surface area contributed by atoms with Crippen molar-refractivity contribution in [3.8, 4) is 0 Å². The lowest BCUT2D eigenvalue weighted by Gasteiger charge is -2.30. The average Bonchev–Trinajstić information content (AvgIpc) is 2.98. The number of benzene rings is 2. The SMILES string of the molecule is COC1(C)C(=O)N(C)c2cc3c(N[C@H](C)c4cccc(C(F)(F)C(C)(C)O)c4F)nc(C)nc3cc21. The molecule has 2 N–H and O–H groups in total. The zero-order valence-electron chi connectivity index (χ0n) is 21.2. The van der Waals surface area contributed by atoms with Crippen LogP contribution in [0, 0.1) is 12.7 Å². The van der Waals surface area contributed by atoms with Crippen molar-refractivity contribution in [2.45, 2.75) is 57.8 Å². The number of alkyl halides is 2. The number of aryl methyl sites for hydroxylation is 1. The van der Waals surface area contributed by atoms with Crippen molar-refractivity contribution in [3.05, 3.63) is 58.7 Å². The summed E-state index contributed by atoms with van der Waals surface area (Å²) in [6, 6.07) is 6.46. The lowest BCUT2D eigenvalue weighted by Crippen LogP contribution is -2.41. The molecule has 1 aromatic heterocycles. The molecule has 36 heavy (non-hydrogen) atoms. The summed E-state index contributed by atoms with van der Waals surface area (Å²) in [5, 5.41) is 13.6. The van der Waals surface area contributed by atoms with E-state index < -0.39 is 34.5 Å². The number of carbonyl (C=O) groups excluding carboxylic acids is 1. The maximum atomic E-state index is 15.3. The minimum Gasteiger partial charge on any atom is -0.384 e. The predicted octanol–water partition coefficient (Wildman–Crippen LogP) is 4.95. The van der Waals surface area contributed by atoms with Gasteiger partial charge in [0.25, 0.3) is 5.91 Å². The highest BCUT2D eigenvalue weighted by Gasteiger charge is 2.49. The molecular weight excluding hydrogens is 473 g/mol. The van der Waals surface area contributed by atoms with Gasteiger partial charge in [-0.15, -0.1) is 0 Å². The van der Waals surface area contributed by atoms with Gasteiger partial charge in [0.2, 0.25) is 0 Å². The minimum absolute atomic E-state index is 0.0127. The second-order valence-corrected chi connectivity index (χ2v) is 9.82. The van der Waals surface area contributed by atoms with Crippen molar-refractivity contribution in [1.29, 1.82) is 0 Å². The molecule has 2 atom stereocenters. The van der Waals surface area contributed by atoms with Gasteiger partial charge < -0.3 is 20.1 Å². The molecular formula is C26H29F3N4O3. The first kappa shape index (κ1) is 25.8. The van der Waals surface area contributed by atoms with E-state index >= 15 is 4.39 Å². The number of halogens is 3. The van der Waals surface area contributed by atoms with Crippen LogP contribution in [0.5, 0.6) is 0 Å². The predicted molar refractivity (Wildman–Crippen MR) is 131 cm³/mol. The van der Waals surface area contributed by atoms with Crippen LogP contribution in [0.2, 0.25) is 0 Å². The number of anilines is 2. The summed E-state index contributed by atoms with van der Waals surface area (Å²) in [7, 11) is 3.11. The number of nitrogens with one attached hydrogen (secondary N) is 1. The van der Waals surface area contributed by atoms with E-state index in [1.54, 1.807) is 40.0 Å². The molecule has 4 rings (SSSR count). The van der Waals surface area contributed by atoms with Crippen LogP contribution in [-0.4, -0.2) is 40.7 Å². The van der Waals surface area contributed by atoms with Crippen molar-refractivity contribution < 1.29 is 27.8 Å². The van der Waals surface area contributed by atoms with E-state index in [0.717, 1.165) is 19.9 Å². The van der Waals surface area contributed by atoms with Crippen LogP contribution in [-0.2, 0) is 21.1 Å². The van der Waals surface area contributed by atoms with Crippen LogP contribution in [0.3, 0.4) is 0 Å². The summed E-state index contributed by atoms with van der Waals surface area (Å²) >= 11 is 0. The third-order valence-electron chi connectivity index (χ3n) is 6.88. The van der Waals surface area contributed by atoms with E-state index in [4.69, 9.17) is 4.74 Å². The van der Waals surface area contributed by atoms with Gasteiger partial charge in [-0.05, 0) is 52.8 Å². The average molecular weight is 503 g/mol. The maximum absolute atomic E-state index is 15.3. The summed E-state index contributed by atoms with van der Waals surface area (Å²) < 4.78 is 50.4. The van der Waals surface area contributed by atoms with Crippen molar-refractivity contribution in [2.75, 3.05) is 24.4 Å². The number of hydrogen-bond acceptors (Lipinski definition) is 6. The molecule has 0 aliphatic carbocycles. The highest BCUT2D eigenvalue weighted by Crippen LogP contribution is 2.45. The monoisotopic (exact) mass is 502 g/mol. The smallest absolute Gasteiger partial charge is 0.303 e. The summed E-state index contributed by atoms with van der Waals surface area (Å²) in [5.41, 5.74) is -2.68. The second-order valence-electron chi connectivity index (χ2n) is 9.82. The number of aliphatic hydroxyl groups is 1. The Balaban J connectivity index is 1.80. The van der Waals surface area contributed by atoms with Crippen LogP contribution in [0.25, 0.3) is 10.9 Å². The molecule has 1 unspecified atom stereocenters. The number of methoxy groups -OCH3 is 1. The van der Waals surface area contributed by atoms with E-state index in [0.29, 0.717) is 33.8 Å². The van der Waals surface area contributed by atoms with Crippen molar-refractivity contribution >= 4 is 28.3 Å². The third kappa shape index (κ3) is 3.79. The fraction of sp³-hybridized carbons (Fsp3) is 0.423. The van der Waals surface area contributed by atoms with Gasteiger partial charge in [-0.25, -0.2) is 14.4 Å². The number of nitrogens with zero attached hydrogens (tertiary/aromatic N) is 3. The number of aromatic nitrogens is 2. The summed E-state index contributed by atoms with van der Waals surface area (Å²) in [4.78, 5) is 23.3. The van der Waals surface area contributed by atoms with Gasteiger partial charge in [0.05, 0.1) is 22.8 Å². The number of rotatable bonds is 6. The lowest BCUT2D eigenvalue weighted by molar-refractivity contribution is -0.170. The largest absolute Gasteiger partial charge is 0.384 e. The van der Waals surface area contributed by atoms with E-state index in [2.05, 4.69) is 15.3 Å². The molecule has 1 aliphatic heterocycles. The van der Waals surface area contributed by atoms with E-state index in [1.165, 1.54) is 24.1 Å². The van der Waals surface area contributed by atoms with Gasteiger partial charge in [0.15, 0.2) is 5.60 Å². The highest BCUT2D eigenvalue weighted by atomic mass is 19.3. The number of carbonyl (C=O) groups is 1. The van der Waals surface area contributed by atoms with Crippen LogP contribution < -0.4 is 10.2 Å². The topological polar surface area (TPSA) is 87.6 Å². The van der Waals surface area contributed by atoms with E-state index in [-0.39, 0.29) is 11.5 Å². The van der Waals surface area contributed by atoms with Crippen molar-refractivity contribution in [1.82, 2.24) is 9.97 Å². The Labute approximate surface area is 207 Å². The molecule has 0 radical (unpaired) electrons. The van der Waals surface area contributed by atoms with Crippen LogP contribution in [0.1, 0.15) is 56.3 Å². The second kappa shape index (κ2) is 8.41. The Morgan fingerprint density at radius 3 is 2.50 bits per heavy atom. The Morgan fingerprint density at radius 2 is 1.89 bits per heavy atom. The molecule has 10 heteroatoms. The van der Waals surface area contributed by atoms with Gasteiger partial charge in [-0.2, -0.15) is 8.78 Å². The Bertz CT molecular complexity index is 1370. The molecule has 2 aromatic carbocycles. The van der Waals surface area contributed by atoms with Gasteiger partial charge in [-0.3, -0.25) is 4.79 Å². The van der Waals surface area contributed by atoms with Gasteiger partial charge in [-0.1, -0.05) is 12.1 Å². The standard InChI is InChI=1S/C26H29F3N4O3/c1-13(15-9-8-10-17(21(15)27)26(28,29)24(3,4)35)30-22-16-11-20-18(12-19(16)31-14(2)32-22)25(5,36-7)23(34)33(20)6/h8-13,35H,1-7H3,(H,30,31,32)/t13-,25?/m1/s1. The fourth-order valence-electron chi connectivity index (χ4n) is 4.53. The zero-order chi connectivity index (χ0) is 26.8. The molecule has 2 heterocycles. The quantitative estimate of drug-likeness (QED) is 0.496. The first-order chi connectivity index (χ1) is 16.6. The molecule has 1 aliphatic rings. The molecule has 192 valence electrons. The number of ether oxygens (including phenoxy) is 1. The number of hydrogen-bond donors (Lipinski definition) is 2. The maximum Gasteiger partial charge on any atom is 0.303 e. The Hall–Kier alpha value is -3.24. The van der Waals surface area contributed by atoms with Gasteiger partial charge in [0.1, 0.15) is 23.1 Å². The number of fused-ring (bicyclic) bond motifs is 2. The van der Waals surface area contributed by atoms with Crippen LogP contribution >= 0.6 is 0 Å². The summed E-state index contributed by atoms with van der Waals surface area (Å²) in [6.07, 6.45) is 0. The molecule has 0 saturated heterocycles. The van der Waals surface area contributed by atoms with E-state index in [1.807, 2.05) is 0 Å². The highest BCUT2D eigenvalue weighted by molar-refractivity contribution is 6.09. The molecule has 0 bridgehead atoms. The molecule has 7 nitrogen and oxygen atoms in total. The summed E-state index contributed by atoms with van der Waals surface area (Å²) in [6.45, 7) is 6.88. The van der Waals surface area contributed by atoms with E-state index in [9.17, 15) is 18.7 Å². The lowest BCUT2D eigenvalue weighted by atomic mass is 9.91. The Kier molecular flexibility index (Phi) is 6.04.